The third-order valence-electron chi connectivity index (χ3n) is 3.47. The Morgan fingerprint density at radius 3 is 2.58 bits per heavy atom. The lowest BCUT2D eigenvalue weighted by atomic mass is 10.0. The minimum Gasteiger partial charge on any atom is -0.315 e. The Morgan fingerprint density at radius 1 is 1.16 bits per heavy atom. The predicted molar refractivity (Wildman–Crippen MR) is 72.5 cm³/mol. The van der Waals surface area contributed by atoms with Gasteiger partial charge in [-0.1, -0.05) is 0 Å². The van der Waals surface area contributed by atoms with Crippen LogP contribution in [0.15, 0.2) is 24.3 Å². The number of hydrogen-bond acceptors (Lipinski definition) is 3. The molecule has 1 aliphatic heterocycles. The molecule has 2 heterocycles. The van der Waals surface area contributed by atoms with Gasteiger partial charge in [-0.05, 0) is 43.7 Å². The summed E-state index contributed by atoms with van der Waals surface area (Å²) in [6.07, 6.45) is 0. The molecule has 3 nitrogen and oxygen atoms in total. The minimum absolute atomic E-state index is 0.182. The summed E-state index contributed by atoms with van der Waals surface area (Å²) < 4.78 is 13.3. The van der Waals surface area contributed by atoms with E-state index in [2.05, 4.69) is 15.3 Å². The first-order chi connectivity index (χ1) is 9.13. The largest absolute Gasteiger partial charge is 0.315 e. The topological polar surface area (TPSA) is 37.8 Å². The zero-order valence-corrected chi connectivity index (χ0v) is 11.1. The van der Waals surface area contributed by atoms with Crippen LogP contribution in [-0.2, 0) is 0 Å². The summed E-state index contributed by atoms with van der Waals surface area (Å²) in [4.78, 5) is 9.12. The molecule has 0 atom stereocenters. The Balaban J connectivity index is 2.03. The van der Waals surface area contributed by atoms with Gasteiger partial charge >= 0.3 is 0 Å². The summed E-state index contributed by atoms with van der Waals surface area (Å²) in [7, 11) is 0. The van der Waals surface area contributed by atoms with Crippen LogP contribution < -0.4 is 5.32 Å². The summed E-state index contributed by atoms with van der Waals surface area (Å²) in [5, 5.41) is 3.23. The van der Waals surface area contributed by atoms with Crippen molar-refractivity contribution in [2.45, 2.75) is 19.8 Å². The van der Waals surface area contributed by atoms with Gasteiger partial charge in [0, 0.05) is 30.3 Å². The Labute approximate surface area is 111 Å². The van der Waals surface area contributed by atoms with Crippen molar-refractivity contribution in [3.63, 3.8) is 0 Å². The smallest absolute Gasteiger partial charge is 0.134 e. The zero-order chi connectivity index (χ0) is 13.4. The maximum atomic E-state index is 13.3. The number of aryl methyl sites for hydroxylation is 2. The van der Waals surface area contributed by atoms with E-state index in [1.165, 1.54) is 6.07 Å². The first kappa shape index (κ1) is 12.2. The second kappa shape index (κ2) is 4.70. The number of rotatable bonds is 2. The molecule has 0 radical (unpaired) electrons. The van der Waals surface area contributed by atoms with Crippen molar-refractivity contribution in [3.8, 4) is 11.3 Å². The van der Waals surface area contributed by atoms with Gasteiger partial charge in [0.2, 0.25) is 0 Å². The molecule has 19 heavy (non-hydrogen) atoms. The summed E-state index contributed by atoms with van der Waals surface area (Å²) in [6.45, 7) is 5.61. The number of benzene rings is 1. The molecule has 1 saturated heterocycles. The van der Waals surface area contributed by atoms with Gasteiger partial charge in [-0.25, -0.2) is 14.4 Å². The lowest BCUT2D eigenvalue weighted by molar-refractivity contribution is 0.429. The molecule has 0 aliphatic carbocycles. The molecular formula is C15H16FN3. The van der Waals surface area contributed by atoms with Gasteiger partial charge in [0.05, 0.1) is 5.69 Å². The molecule has 1 fully saturated rings. The van der Waals surface area contributed by atoms with Crippen LogP contribution in [0.4, 0.5) is 4.39 Å². The molecule has 0 bridgehead atoms. The number of nitrogens with zero attached hydrogens (tertiary/aromatic N) is 2. The molecule has 1 aliphatic rings. The normalized spacial score (nSPS) is 15.3. The lowest BCUT2D eigenvalue weighted by Gasteiger charge is -2.26. The summed E-state index contributed by atoms with van der Waals surface area (Å²) in [6, 6.07) is 7.04. The van der Waals surface area contributed by atoms with Crippen LogP contribution in [0.5, 0.6) is 0 Å². The Hall–Kier alpha value is -1.81. The molecule has 0 spiro atoms. The summed E-state index contributed by atoms with van der Waals surface area (Å²) in [5.74, 6) is 1.11. The van der Waals surface area contributed by atoms with Crippen LogP contribution in [0, 0.1) is 19.7 Å². The van der Waals surface area contributed by atoms with Crippen LogP contribution in [0.3, 0.4) is 0 Å². The fourth-order valence-electron chi connectivity index (χ4n) is 2.20. The van der Waals surface area contributed by atoms with Gasteiger partial charge < -0.3 is 5.32 Å². The highest BCUT2D eigenvalue weighted by Crippen LogP contribution is 2.23. The fraction of sp³-hybridized carbons (Fsp3) is 0.333. The van der Waals surface area contributed by atoms with Crippen molar-refractivity contribution in [1.82, 2.24) is 15.3 Å². The minimum atomic E-state index is -0.182. The standard InChI is InChI=1S/C15H16FN3/c1-9-5-11(3-4-13(9)16)14-6-10(2)18-15(19-14)12-7-17-8-12/h3-6,12,17H,7-8H2,1-2H3. The first-order valence-corrected chi connectivity index (χ1v) is 6.46. The molecule has 0 unspecified atom stereocenters. The highest BCUT2D eigenvalue weighted by molar-refractivity contribution is 5.60. The van der Waals surface area contributed by atoms with Crippen molar-refractivity contribution in [2.75, 3.05) is 13.1 Å². The molecule has 1 aromatic carbocycles. The number of aromatic nitrogens is 2. The maximum Gasteiger partial charge on any atom is 0.134 e. The quantitative estimate of drug-likeness (QED) is 0.898. The Morgan fingerprint density at radius 2 is 1.95 bits per heavy atom. The number of nitrogens with one attached hydrogen (secondary N) is 1. The van der Waals surface area contributed by atoms with Crippen LogP contribution in [-0.4, -0.2) is 23.1 Å². The number of halogens is 1. The molecule has 0 saturated carbocycles. The van der Waals surface area contributed by atoms with Gasteiger partial charge in [0.15, 0.2) is 0 Å². The Kier molecular flexibility index (Phi) is 3.03. The van der Waals surface area contributed by atoms with Gasteiger partial charge in [-0.3, -0.25) is 0 Å². The first-order valence-electron chi connectivity index (χ1n) is 6.46. The van der Waals surface area contributed by atoms with E-state index in [4.69, 9.17) is 0 Å². The van der Waals surface area contributed by atoms with Gasteiger partial charge in [-0.2, -0.15) is 0 Å². The van der Waals surface area contributed by atoms with Crippen LogP contribution in [0.25, 0.3) is 11.3 Å². The summed E-state index contributed by atoms with van der Waals surface area (Å²) in [5.41, 5.74) is 3.41. The molecule has 98 valence electrons. The second-order valence-electron chi connectivity index (χ2n) is 5.07. The molecule has 4 heteroatoms. The monoisotopic (exact) mass is 257 g/mol. The van der Waals surface area contributed by atoms with E-state index < -0.39 is 0 Å². The van der Waals surface area contributed by atoms with Crippen molar-refractivity contribution in [1.29, 1.82) is 0 Å². The van der Waals surface area contributed by atoms with E-state index >= 15 is 0 Å². The van der Waals surface area contributed by atoms with Gasteiger partial charge in [-0.15, -0.1) is 0 Å². The van der Waals surface area contributed by atoms with E-state index in [1.807, 2.05) is 19.1 Å². The zero-order valence-electron chi connectivity index (χ0n) is 11.1. The van der Waals surface area contributed by atoms with E-state index in [9.17, 15) is 4.39 Å². The third-order valence-corrected chi connectivity index (χ3v) is 3.47. The molecule has 3 rings (SSSR count). The summed E-state index contributed by atoms with van der Waals surface area (Å²) >= 11 is 0. The van der Waals surface area contributed by atoms with Crippen molar-refractivity contribution >= 4 is 0 Å². The SMILES string of the molecule is Cc1cc(-c2ccc(F)c(C)c2)nc(C2CNC2)n1. The van der Waals surface area contributed by atoms with Crippen molar-refractivity contribution in [2.24, 2.45) is 0 Å². The second-order valence-corrected chi connectivity index (χ2v) is 5.07. The highest BCUT2D eigenvalue weighted by atomic mass is 19.1. The fourth-order valence-corrected chi connectivity index (χ4v) is 2.20. The molecule has 1 N–H and O–H groups in total. The molecule has 2 aromatic rings. The third kappa shape index (κ3) is 2.36. The van der Waals surface area contributed by atoms with Crippen LogP contribution in [0.2, 0.25) is 0 Å². The average molecular weight is 257 g/mol. The maximum absolute atomic E-state index is 13.3. The van der Waals surface area contributed by atoms with Crippen LogP contribution in [0.1, 0.15) is 23.0 Å². The van der Waals surface area contributed by atoms with E-state index in [0.29, 0.717) is 11.5 Å². The molecule has 0 amide bonds. The predicted octanol–water partition coefficient (Wildman–Crippen LogP) is 2.59. The lowest BCUT2D eigenvalue weighted by Crippen LogP contribution is -2.41. The molecule has 1 aromatic heterocycles. The van der Waals surface area contributed by atoms with Crippen molar-refractivity contribution in [3.05, 3.63) is 47.2 Å². The Bertz CT molecular complexity index is 621. The van der Waals surface area contributed by atoms with Gasteiger partial charge in [0.25, 0.3) is 0 Å². The number of hydrogen-bond donors (Lipinski definition) is 1. The van der Waals surface area contributed by atoms with E-state index in [0.717, 1.165) is 35.9 Å². The van der Waals surface area contributed by atoms with Crippen molar-refractivity contribution < 1.29 is 4.39 Å². The van der Waals surface area contributed by atoms with Crippen LogP contribution >= 0.6 is 0 Å². The van der Waals surface area contributed by atoms with E-state index in [-0.39, 0.29) is 5.82 Å². The van der Waals surface area contributed by atoms with E-state index in [1.54, 1.807) is 13.0 Å². The average Bonchev–Trinajstić information content (AvgIpc) is 2.29. The van der Waals surface area contributed by atoms with Gasteiger partial charge in [0.1, 0.15) is 11.6 Å². The highest BCUT2D eigenvalue weighted by Gasteiger charge is 2.22. The molecular weight excluding hydrogens is 241 g/mol.